The number of hydrogen-bond donors (Lipinski definition) is 4. The summed E-state index contributed by atoms with van der Waals surface area (Å²) in [5.74, 6) is -0.472. The lowest BCUT2D eigenvalue weighted by molar-refractivity contribution is -0.127. The van der Waals surface area contributed by atoms with E-state index in [1.165, 1.54) is 0 Å². The lowest BCUT2D eigenvalue weighted by Gasteiger charge is -2.31. The van der Waals surface area contributed by atoms with E-state index in [0.717, 1.165) is 29.3 Å². The van der Waals surface area contributed by atoms with Crippen LogP contribution in [0.2, 0.25) is 0 Å². The van der Waals surface area contributed by atoms with Gasteiger partial charge in [0.15, 0.2) is 0 Å². The molecule has 4 N–H and O–H groups in total. The smallest absolute Gasteiger partial charge is 0.404 e. The molecule has 0 aliphatic heterocycles. The molecular formula is C21H28N4O4. The van der Waals surface area contributed by atoms with Crippen LogP contribution in [0.4, 0.5) is 9.59 Å². The highest BCUT2D eigenvalue weighted by Gasteiger charge is 2.32. The molecular weight excluding hydrogens is 372 g/mol. The minimum absolute atomic E-state index is 0.119. The fourth-order valence-corrected chi connectivity index (χ4v) is 4.21. The summed E-state index contributed by atoms with van der Waals surface area (Å²) in [6.07, 6.45) is 4.48. The average molecular weight is 400 g/mol. The van der Waals surface area contributed by atoms with Gasteiger partial charge in [0, 0.05) is 30.7 Å². The van der Waals surface area contributed by atoms with Gasteiger partial charge in [-0.2, -0.15) is 0 Å². The van der Waals surface area contributed by atoms with Gasteiger partial charge in [-0.05, 0) is 37.8 Å². The first-order valence-corrected chi connectivity index (χ1v) is 10.0. The first kappa shape index (κ1) is 20.7. The topological polar surface area (TPSA) is 112 Å². The Labute approximate surface area is 169 Å². The van der Waals surface area contributed by atoms with Crippen molar-refractivity contribution in [2.24, 2.45) is 5.92 Å². The summed E-state index contributed by atoms with van der Waals surface area (Å²) in [5.41, 5.74) is 1.79. The monoisotopic (exact) mass is 400 g/mol. The van der Waals surface area contributed by atoms with Crippen molar-refractivity contribution in [2.45, 2.75) is 51.1 Å². The summed E-state index contributed by atoms with van der Waals surface area (Å²) >= 11 is 0. The second-order valence-electron chi connectivity index (χ2n) is 7.66. The molecule has 0 radical (unpaired) electrons. The minimum Gasteiger partial charge on any atom is -0.465 e. The summed E-state index contributed by atoms with van der Waals surface area (Å²) in [5, 5.41) is 18.2. The van der Waals surface area contributed by atoms with Gasteiger partial charge in [-0.3, -0.25) is 9.36 Å². The number of benzene rings is 1. The maximum absolute atomic E-state index is 12.8. The zero-order valence-corrected chi connectivity index (χ0v) is 16.8. The van der Waals surface area contributed by atoms with Crippen LogP contribution in [-0.4, -0.2) is 46.8 Å². The van der Waals surface area contributed by atoms with Crippen LogP contribution in [0.5, 0.6) is 0 Å². The lowest BCUT2D eigenvalue weighted by atomic mass is 9.83. The number of amides is 3. The van der Waals surface area contributed by atoms with Crippen LogP contribution < -0.4 is 16.0 Å². The molecule has 2 aromatic rings. The van der Waals surface area contributed by atoms with Crippen LogP contribution in [-0.2, 0) is 11.2 Å². The summed E-state index contributed by atoms with van der Waals surface area (Å²) in [6.45, 7) is 1.92. The molecule has 1 aliphatic carbocycles. The molecule has 8 nitrogen and oxygen atoms in total. The predicted octanol–water partition coefficient (Wildman–Crippen LogP) is 2.70. The van der Waals surface area contributed by atoms with E-state index in [4.69, 9.17) is 5.11 Å². The Bertz CT molecular complexity index is 907. The number of nitrogens with one attached hydrogen (secondary N) is 3. The lowest BCUT2D eigenvalue weighted by Crippen LogP contribution is -2.49. The molecule has 0 bridgehead atoms. The van der Waals surface area contributed by atoms with Crippen molar-refractivity contribution in [3.63, 3.8) is 0 Å². The quantitative estimate of drug-likeness (QED) is 0.618. The first-order chi connectivity index (χ1) is 13.9. The Morgan fingerprint density at radius 3 is 2.66 bits per heavy atom. The summed E-state index contributed by atoms with van der Waals surface area (Å²) in [6, 6.07) is 6.95. The molecule has 1 fully saturated rings. The van der Waals surface area contributed by atoms with E-state index in [1.54, 1.807) is 11.6 Å². The van der Waals surface area contributed by atoms with Crippen molar-refractivity contribution >= 4 is 28.9 Å². The van der Waals surface area contributed by atoms with Crippen molar-refractivity contribution in [1.82, 2.24) is 20.5 Å². The standard InChI is InChI=1S/C21H28N4O4/c1-13(23-19(26)16-8-3-5-9-17(16)24-21(28)29)11-14-12-25(20(27)22-2)18-10-6-4-7-15(14)18/h4,6-7,10,12-13,16-17,24H,3,5,8-9,11H2,1-2H3,(H,22,27)(H,23,26)(H,28,29)/t13-,16-,17+/m1/s1. The fourth-order valence-electron chi connectivity index (χ4n) is 4.21. The highest BCUT2D eigenvalue weighted by atomic mass is 16.4. The van der Waals surface area contributed by atoms with Crippen molar-refractivity contribution < 1.29 is 19.5 Å². The molecule has 8 heteroatoms. The molecule has 0 saturated heterocycles. The number of carboxylic acid groups (broad SMARTS) is 1. The normalized spacial score (nSPS) is 20.1. The summed E-state index contributed by atoms with van der Waals surface area (Å²) in [4.78, 5) is 36.0. The molecule has 3 rings (SSSR count). The van der Waals surface area contributed by atoms with Gasteiger partial charge >= 0.3 is 12.1 Å². The molecule has 1 heterocycles. The van der Waals surface area contributed by atoms with Crippen molar-refractivity contribution in [3.8, 4) is 0 Å². The number of nitrogens with zero attached hydrogens (tertiary/aromatic N) is 1. The van der Waals surface area contributed by atoms with Crippen LogP contribution >= 0.6 is 0 Å². The third-order valence-electron chi connectivity index (χ3n) is 5.55. The van der Waals surface area contributed by atoms with E-state index in [0.29, 0.717) is 19.3 Å². The Hall–Kier alpha value is -3.03. The van der Waals surface area contributed by atoms with Gasteiger partial charge in [0.2, 0.25) is 5.91 Å². The third kappa shape index (κ3) is 4.70. The highest BCUT2D eigenvalue weighted by Crippen LogP contribution is 2.26. The largest absolute Gasteiger partial charge is 0.465 e. The van der Waals surface area contributed by atoms with Crippen molar-refractivity contribution in [3.05, 3.63) is 36.0 Å². The molecule has 1 aromatic heterocycles. The zero-order valence-electron chi connectivity index (χ0n) is 16.8. The first-order valence-electron chi connectivity index (χ1n) is 10.0. The van der Waals surface area contributed by atoms with Crippen LogP contribution in [0.3, 0.4) is 0 Å². The molecule has 156 valence electrons. The van der Waals surface area contributed by atoms with Gasteiger partial charge in [-0.1, -0.05) is 31.0 Å². The number of carbonyl (C=O) groups is 3. The van der Waals surface area contributed by atoms with Gasteiger partial charge in [-0.15, -0.1) is 0 Å². The Balaban J connectivity index is 1.72. The summed E-state index contributed by atoms with van der Waals surface area (Å²) in [7, 11) is 1.59. The highest BCUT2D eigenvalue weighted by molar-refractivity contribution is 5.93. The SMILES string of the molecule is CNC(=O)n1cc(C[C@@H](C)NC(=O)[C@@H]2CCCC[C@@H]2NC(=O)O)c2ccccc21. The van der Waals surface area contributed by atoms with Crippen molar-refractivity contribution in [1.29, 1.82) is 0 Å². The van der Waals surface area contributed by atoms with Gasteiger partial charge < -0.3 is 21.1 Å². The number of para-hydroxylation sites is 1. The average Bonchev–Trinajstić information content (AvgIpc) is 3.05. The van der Waals surface area contributed by atoms with E-state index in [9.17, 15) is 14.4 Å². The zero-order chi connectivity index (χ0) is 21.0. The maximum atomic E-state index is 12.8. The molecule has 1 aromatic carbocycles. The van der Waals surface area contributed by atoms with Crippen LogP contribution in [0.15, 0.2) is 30.5 Å². The van der Waals surface area contributed by atoms with E-state index in [2.05, 4.69) is 16.0 Å². The minimum atomic E-state index is -1.09. The molecule has 1 saturated carbocycles. The predicted molar refractivity (Wildman–Crippen MR) is 110 cm³/mol. The number of aromatic nitrogens is 1. The summed E-state index contributed by atoms with van der Waals surface area (Å²) < 4.78 is 1.58. The van der Waals surface area contributed by atoms with Crippen LogP contribution in [0.1, 0.15) is 38.2 Å². The number of carbonyl (C=O) groups excluding carboxylic acids is 2. The van der Waals surface area contributed by atoms with E-state index in [1.807, 2.05) is 37.4 Å². The number of rotatable bonds is 5. The molecule has 0 spiro atoms. The van der Waals surface area contributed by atoms with Gasteiger partial charge in [0.25, 0.3) is 0 Å². The maximum Gasteiger partial charge on any atom is 0.404 e. The van der Waals surface area contributed by atoms with Gasteiger partial charge in [0.1, 0.15) is 0 Å². The molecule has 0 unspecified atom stereocenters. The second kappa shape index (κ2) is 8.98. The van der Waals surface area contributed by atoms with E-state index >= 15 is 0 Å². The van der Waals surface area contributed by atoms with Crippen molar-refractivity contribution in [2.75, 3.05) is 7.05 Å². The Morgan fingerprint density at radius 2 is 1.93 bits per heavy atom. The second-order valence-corrected chi connectivity index (χ2v) is 7.66. The number of hydrogen-bond acceptors (Lipinski definition) is 3. The molecule has 29 heavy (non-hydrogen) atoms. The van der Waals surface area contributed by atoms with Gasteiger partial charge in [0.05, 0.1) is 11.4 Å². The molecule has 1 aliphatic rings. The Morgan fingerprint density at radius 1 is 1.21 bits per heavy atom. The third-order valence-corrected chi connectivity index (χ3v) is 5.55. The van der Waals surface area contributed by atoms with Crippen LogP contribution in [0.25, 0.3) is 10.9 Å². The molecule has 3 atom stereocenters. The van der Waals surface area contributed by atoms with Gasteiger partial charge in [-0.25, -0.2) is 9.59 Å². The number of fused-ring (bicyclic) bond motifs is 1. The van der Waals surface area contributed by atoms with E-state index < -0.39 is 6.09 Å². The van der Waals surface area contributed by atoms with Crippen LogP contribution in [0, 0.1) is 5.92 Å². The Kier molecular flexibility index (Phi) is 6.41. The van der Waals surface area contributed by atoms with E-state index in [-0.39, 0.29) is 29.9 Å². The fraction of sp³-hybridized carbons (Fsp3) is 0.476. The molecule has 3 amide bonds.